The van der Waals surface area contributed by atoms with E-state index in [0.717, 1.165) is 19.3 Å². The Morgan fingerprint density at radius 2 is 1.90 bits per heavy atom. The fourth-order valence-electron chi connectivity index (χ4n) is 2.85. The molecule has 0 bridgehead atoms. The Bertz CT molecular complexity index is 535. The van der Waals surface area contributed by atoms with E-state index >= 15 is 0 Å². The minimum absolute atomic E-state index is 0.0374. The first-order chi connectivity index (χ1) is 9.94. The van der Waals surface area contributed by atoms with Gasteiger partial charge in [-0.05, 0) is 30.4 Å². The summed E-state index contributed by atoms with van der Waals surface area (Å²) in [7, 11) is 0. The van der Waals surface area contributed by atoms with Crippen molar-refractivity contribution in [2.45, 2.75) is 45.6 Å². The molecule has 4 N–H and O–H groups in total. The molecule has 1 aliphatic rings. The van der Waals surface area contributed by atoms with Gasteiger partial charge in [0.2, 0.25) is 0 Å². The number of benzene rings is 1. The van der Waals surface area contributed by atoms with Crippen LogP contribution >= 0.6 is 0 Å². The van der Waals surface area contributed by atoms with Crippen LogP contribution in [-0.4, -0.2) is 23.0 Å². The fraction of sp³-hybridized carbons (Fsp3) is 0.500. The summed E-state index contributed by atoms with van der Waals surface area (Å²) in [6.07, 6.45) is 4.56. The highest BCUT2D eigenvalue weighted by Crippen LogP contribution is 2.35. The van der Waals surface area contributed by atoms with Crippen LogP contribution in [0.4, 0.5) is 0 Å². The molecule has 1 aliphatic carbocycles. The molecule has 0 aliphatic heterocycles. The molecule has 2 rings (SSSR count). The standard InChI is InChI=1S/C16H23N3O2/c1-16(2)10-4-3-5-13(16)18-15(20)12-8-6-11(7-9-12)14(17)19-21/h6-9,13,21H,3-5,10H2,1-2H3,(H2,17,19)(H,18,20). The lowest BCUT2D eigenvalue weighted by molar-refractivity contribution is 0.0853. The van der Waals surface area contributed by atoms with Gasteiger partial charge >= 0.3 is 0 Å². The maximum atomic E-state index is 12.3. The Morgan fingerprint density at radius 1 is 1.29 bits per heavy atom. The first-order valence-corrected chi connectivity index (χ1v) is 7.33. The molecule has 5 heteroatoms. The fourth-order valence-corrected chi connectivity index (χ4v) is 2.85. The largest absolute Gasteiger partial charge is 0.409 e. The Labute approximate surface area is 125 Å². The molecule has 1 saturated carbocycles. The van der Waals surface area contributed by atoms with Gasteiger partial charge in [-0.1, -0.05) is 44.0 Å². The first kappa shape index (κ1) is 15.4. The van der Waals surface area contributed by atoms with Crippen LogP contribution < -0.4 is 11.1 Å². The average molecular weight is 289 g/mol. The lowest BCUT2D eigenvalue weighted by Crippen LogP contribution is -2.46. The van der Waals surface area contributed by atoms with Crippen LogP contribution in [-0.2, 0) is 0 Å². The van der Waals surface area contributed by atoms with Crippen molar-refractivity contribution >= 4 is 11.7 Å². The van der Waals surface area contributed by atoms with Crippen LogP contribution in [0.15, 0.2) is 29.4 Å². The minimum atomic E-state index is -0.0685. The first-order valence-electron chi connectivity index (χ1n) is 7.33. The van der Waals surface area contributed by atoms with Crippen molar-refractivity contribution in [2.24, 2.45) is 16.3 Å². The maximum Gasteiger partial charge on any atom is 0.251 e. The van der Waals surface area contributed by atoms with Crippen LogP contribution in [0.3, 0.4) is 0 Å². The molecule has 0 aromatic heterocycles. The van der Waals surface area contributed by atoms with Gasteiger partial charge in [0.15, 0.2) is 5.84 Å². The lowest BCUT2D eigenvalue weighted by Gasteiger charge is -2.39. The van der Waals surface area contributed by atoms with Gasteiger partial charge < -0.3 is 16.3 Å². The molecule has 1 aromatic rings. The summed E-state index contributed by atoms with van der Waals surface area (Å²) in [5.74, 6) is -0.0311. The average Bonchev–Trinajstić information content (AvgIpc) is 2.48. The number of carbonyl (C=O) groups excluding carboxylic acids is 1. The monoisotopic (exact) mass is 289 g/mol. The number of nitrogens with two attached hydrogens (primary N) is 1. The zero-order valence-corrected chi connectivity index (χ0v) is 12.6. The van der Waals surface area contributed by atoms with Gasteiger partial charge in [0.05, 0.1) is 0 Å². The van der Waals surface area contributed by atoms with Gasteiger partial charge in [-0.2, -0.15) is 0 Å². The van der Waals surface area contributed by atoms with Crippen LogP contribution in [0.25, 0.3) is 0 Å². The molecular formula is C16H23N3O2. The minimum Gasteiger partial charge on any atom is -0.409 e. The summed E-state index contributed by atoms with van der Waals surface area (Å²) in [4.78, 5) is 12.3. The summed E-state index contributed by atoms with van der Waals surface area (Å²) >= 11 is 0. The lowest BCUT2D eigenvalue weighted by atomic mass is 9.73. The summed E-state index contributed by atoms with van der Waals surface area (Å²) in [6, 6.07) is 6.95. The van der Waals surface area contributed by atoms with Gasteiger partial charge in [0.1, 0.15) is 0 Å². The Hall–Kier alpha value is -2.04. The molecule has 1 unspecified atom stereocenters. The van der Waals surface area contributed by atoms with E-state index in [-0.39, 0.29) is 23.2 Å². The van der Waals surface area contributed by atoms with Crippen molar-refractivity contribution in [3.63, 3.8) is 0 Å². The van der Waals surface area contributed by atoms with Crippen molar-refractivity contribution in [3.05, 3.63) is 35.4 Å². The molecule has 0 radical (unpaired) electrons. The molecule has 5 nitrogen and oxygen atoms in total. The number of carbonyl (C=O) groups is 1. The maximum absolute atomic E-state index is 12.3. The Balaban J connectivity index is 2.06. The van der Waals surface area contributed by atoms with E-state index in [1.807, 2.05) is 0 Å². The van der Waals surface area contributed by atoms with Gasteiger partial charge in [-0.15, -0.1) is 0 Å². The second-order valence-electron chi connectivity index (χ2n) is 6.32. The number of nitrogens with one attached hydrogen (secondary N) is 1. The van der Waals surface area contributed by atoms with Crippen molar-refractivity contribution in [3.8, 4) is 0 Å². The number of nitrogens with zero attached hydrogens (tertiary/aromatic N) is 1. The molecule has 0 spiro atoms. The Kier molecular flexibility index (Phi) is 4.50. The predicted octanol–water partition coefficient (Wildman–Crippen LogP) is 2.48. The zero-order valence-electron chi connectivity index (χ0n) is 12.6. The van der Waals surface area contributed by atoms with Crippen molar-refractivity contribution in [1.29, 1.82) is 0 Å². The van der Waals surface area contributed by atoms with Crippen LogP contribution in [0.5, 0.6) is 0 Å². The number of amidine groups is 1. The van der Waals surface area contributed by atoms with E-state index in [4.69, 9.17) is 10.9 Å². The highest BCUT2D eigenvalue weighted by Gasteiger charge is 2.33. The molecule has 0 saturated heterocycles. The predicted molar refractivity (Wildman–Crippen MR) is 82.5 cm³/mol. The van der Waals surface area contributed by atoms with Crippen LogP contribution in [0.2, 0.25) is 0 Å². The topological polar surface area (TPSA) is 87.7 Å². The van der Waals surface area contributed by atoms with Gasteiger partial charge in [-0.25, -0.2) is 0 Å². The molecular weight excluding hydrogens is 266 g/mol. The third kappa shape index (κ3) is 3.54. The van der Waals surface area contributed by atoms with E-state index < -0.39 is 0 Å². The molecule has 1 aromatic carbocycles. The molecule has 114 valence electrons. The van der Waals surface area contributed by atoms with E-state index in [1.165, 1.54) is 6.42 Å². The number of amides is 1. The van der Waals surface area contributed by atoms with Gasteiger partial charge in [0, 0.05) is 17.2 Å². The summed E-state index contributed by atoms with van der Waals surface area (Å²) < 4.78 is 0. The molecule has 21 heavy (non-hydrogen) atoms. The number of hydrogen-bond donors (Lipinski definition) is 3. The van der Waals surface area contributed by atoms with E-state index in [0.29, 0.717) is 11.1 Å². The zero-order chi connectivity index (χ0) is 15.5. The second kappa shape index (κ2) is 6.16. The van der Waals surface area contributed by atoms with E-state index in [2.05, 4.69) is 24.3 Å². The molecule has 1 fully saturated rings. The summed E-state index contributed by atoms with van der Waals surface area (Å²) in [5, 5.41) is 14.7. The van der Waals surface area contributed by atoms with Crippen molar-refractivity contribution < 1.29 is 10.0 Å². The van der Waals surface area contributed by atoms with Gasteiger partial charge in [0.25, 0.3) is 5.91 Å². The third-order valence-corrected chi connectivity index (χ3v) is 4.36. The number of rotatable bonds is 3. The van der Waals surface area contributed by atoms with E-state index in [1.54, 1.807) is 24.3 Å². The normalized spacial score (nSPS) is 21.8. The van der Waals surface area contributed by atoms with Gasteiger partial charge in [-0.3, -0.25) is 4.79 Å². The Morgan fingerprint density at radius 3 is 2.48 bits per heavy atom. The molecule has 1 amide bonds. The number of hydrogen-bond acceptors (Lipinski definition) is 3. The SMILES string of the molecule is CC1(C)CCCCC1NC(=O)c1ccc(C(N)=NO)cc1. The van der Waals surface area contributed by atoms with Crippen LogP contribution in [0, 0.1) is 5.41 Å². The number of oxime groups is 1. The van der Waals surface area contributed by atoms with Crippen LogP contribution in [0.1, 0.15) is 55.5 Å². The van der Waals surface area contributed by atoms with Crippen molar-refractivity contribution in [1.82, 2.24) is 5.32 Å². The van der Waals surface area contributed by atoms with E-state index in [9.17, 15) is 4.79 Å². The molecule has 1 atom stereocenters. The van der Waals surface area contributed by atoms with Crippen molar-refractivity contribution in [2.75, 3.05) is 0 Å². The smallest absolute Gasteiger partial charge is 0.251 e. The third-order valence-electron chi connectivity index (χ3n) is 4.36. The summed E-state index contributed by atoms with van der Waals surface area (Å²) in [5.41, 5.74) is 6.82. The second-order valence-corrected chi connectivity index (χ2v) is 6.32. The highest BCUT2D eigenvalue weighted by molar-refractivity contribution is 5.99. The quantitative estimate of drug-likeness (QED) is 0.346. The highest BCUT2D eigenvalue weighted by atomic mass is 16.4. The molecule has 0 heterocycles. The summed E-state index contributed by atoms with van der Waals surface area (Å²) in [6.45, 7) is 4.41.